The summed E-state index contributed by atoms with van der Waals surface area (Å²) in [5.74, 6) is -3.30. The number of carboxylic acid groups (broad SMARTS) is 1. The molecule has 1 unspecified atom stereocenters. The second kappa shape index (κ2) is 6.15. The maximum Gasteiger partial charge on any atom is 0.320 e. The summed E-state index contributed by atoms with van der Waals surface area (Å²) >= 11 is 0. The summed E-state index contributed by atoms with van der Waals surface area (Å²) in [4.78, 5) is 10.6. The first kappa shape index (κ1) is 13.4. The first-order valence-electron chi connectivity index (χ1n) is 5.03. The highest BCUT2D eigenvalue weighted by Gasteiger charge is 2.15. The van der Waals surface area contributed by atoms with Gasteiger partial charge in [-0.25, -0.2) is 4.39 Å². The highest BCUT2D eigenvalue weighted by molar-refractivity contribution is 5.73. The Labute approximate surface area is 97.2 Å². The van der Waals surface area contributed by atoms with Gasteiger partial charge >= 0.3 is 5.97 Å². The number of likely N-dealkylation sites (N-methyl/N-ethyl adjacent to an activating group) is 1. The molecule has 6 heteroatoms. The van der Waals surface area contributed by atoms with Gasteiger partial charge in [-0.15, -0.1) is 0 Å². The third-order valence-corrected chi connectivity index (χ3v) is 2.23. The summed E-state index contributed by atoms with van der Waals surface area (Å²) in [6.45, 7) is -0.0157. The smallest absolute Gasteiger partial charge is 0.320 e. The molecule has 2 N–H and O–H groups in total. The molecule has 0 amide bonds. The minimum atomic E-state index is -1.07. The number of halogens is 2. The third kappa shape index (κ3) is 3.67. The van der Waals surface area contributed by atoms with Crippen molar-refractivity contribution in [1.29, 1.82) is 0 Å². The number of hydrogen-bond donors (Lipinski definition) is 2. The largest absolute Gasteiger partial charge is 0.490 e. The van der Waals surface area contributed by atoms with Gasteiger partial charge in [0, 0.05) is 6.42 Å². The molecule has 0 radical (unpaired) electrons. The monoisotopic (exact) mass is 245 g/mol. The molecule has 0 saturated heterocycles. The van der Waals surface area contributed by atoms with E-state index >= 15 is 0 Å². The van der Waals surface area contributed by atoms with Gasteiger partial charge in [0.25, 0.3) is 0 Å². The Bertz CT molecular complexity index is 398. The van der Waals surface area contributed by atoms with Crippen LogP contribution in [0.5, 0.6) is 5.75 Å². The van der Waals surface area contributed by atoms with Gasteiger partial charge in [-0.3, -0.25) is 4.79 Å². The number of ether oxygens (including phenoxy) is 1. The lowest BCUT2D eigenvalue weighted by molar-refractivity contribution is -0.139. The zero-order chi connectivity index (χ0) is 12.8. The van der Waals surface area contributed by atoms with Crippen LogP contribution >= 0.6 is 0 Å². The van der Waals surface area contributed by atoms with Crippen molar-refractivity contribution < 1.29 is 23.4 Å². The molecule has 1 aromatic rings. The van der Waals surface area contributed by atoms with Crippen molar-refractivity contribution in [3.05, 3.63) is 29.8 Å². The summed E-state index contributed by atoms with van der Waals surface area (Å²) < 4.78 is 30.9. The zero-order valence-corrected chi connectivity index (χ0v) is 9.24. The summed E-state index contributed by atoms with van der Waals surface area (Å²) in [5, 5.41) is 11.3. The fourth-order valence-electron chi connectivity index (χ4n) is 1.27. The average molecular weight is 245 g/mol. The number of aliphatic carboxylic acids is 1. The van der Waals surface area contributed by atoms with Crippen LogP contribution in [-0.4, -0.2) is 30.8 Å². The molecule has 94 valence electrons. The van der Waals surface area contributed by atoms with E-state index < -0.39 is 23.6 Å². The number of carboxylic acids is 1. The Morgan fingerprint density at radius 3 is 2.82 bits per heavy atom. The van der Waals surface area contributed by atoms with Crippen molar-refractivity contribution in [2.45, 2.75) is 12.5 Å². The molecule has 1 atom stereocenters. The normalized spacial score (nSPS) is 12.2. The number of benzene rings is 1. The first-order chi connectivity index (χ1) is 8.06. The van der Waals surface area contributed by atoms with E-state index in [1.54, 1.807) is 0 Å². The predicted molar refractivity (Wildman–Crippen MR) is 57.0 cm³/mol. The molecule has 17 heavy (non-hydrogen) atoms. The lowest BCUT2D eigenvalue weighted by Crippen LogP contribution is -2.35. The van der Waals surface area contributed by atoms with E-state index in [4.69, 9.17) is 9.84 Å². The van der Waals surface area contributed by atoms with Crippen LogP contribution in [0.25, 0.3) is 0 Å². The Kier molecular flexibility index (Phi) is 4.84. The van der Waals surface area contributed by atoms with Gasteiger partial charge in [0.2, 0.25) is 5.82 Å². The van der Waals surface area contributed by atoms with E-state index in [1.807, 2.05) is 0 Å². The Morgan fingerprint density at radius 1 is 1.53 bits per heavy atom. The first-order valence-corrected chi connectivity index (χ1v) is 5.03. The fourth-order valence-corrected chi connectivity index (χ4v) is 1.27. The summed E-state index contributed by atoms with van der Waals surface area (Å²) in [7, 11) is 1.50. The molecule has 0 aliphatic rings. The highest BCUT2D eigenvalue weighted by Crippen LogP contribution is 2.19. The van der Waals surface area contributed by atoms with Crippen LogP contribution in [0, 0.1) is 11.6 Å². The average Bonchev–Trinajstić information content (AvgIpc) is 2.29. The molecule has 0 aliphatic heterocycles. The zero-order valence-electron chi connectivity index (χ0n) is 9.24. The van der Waals surface area contributed by atoms with E-state index in [9.17, 15) is 13.6 Å². The Morgan fingerprint density at radius 2 is 2.24 bits per heavy atom. The lowest BCUT2D eigenvalue weighted by Gasteiger charge is -2.12. The fraction of sp³-hybridized carbons (Fsp3) is 0.364. The van der Waals surface area contributed by atoms with Crippen LogP contribution in [0.2, 0.25) is 0 Å². The van der Waals surface area contributed by atoms with E-state index in [-0.39, 0.29) is 18.8 Å². The highest BCUT2D eigenvalue weighted by atomic mass is 19.2. The van der Waals surface area contributed by atoms with Crippen LogP contribution < -0.4 is 10.1 Å². The molecule has 0 aromatic heterocycles. The second-order valence-corrected chi connectivity index (χ2v) is 3.37. The molecular formula is C11H13F2NO3. The van der Waals surface area contributed by atoms with E-state index in [0.717, 1.165) is 6.07 Å². The van der Waals surface area contributed by atoms with E-state index in [2.05, 4.69) is 5.32 Å². The molecule has 0 spiro atoms. The van der Waals surface area contributed by atoms with Gasteiger partial charge in [0.15, 0.2) is 11.6 Å². The maximum atomic E-state index is 13.1. The van der Waals surface area contributed by atoms with E-state index in [0.29, 0.717) is 0 Å². The van der Waals surface area contributed by atoms with Crippen LogP contribution in [0.1, 0.15) is 6.42 Å². The van der Waals surface area contributed by atoms with Crippen LogP contribution in [0.15, 0.2) is 18.2 Å². The molecule has 0 aliphatic carbocycles. The molecule has 0 bridgehead atoms. The summed E-state index contributed by atoms with van der Waals surface area (Å²) in [6, 6.07) is 2.82. The standard InChI is InChI=1S/C11H13F2NO3/c1-14-8(11(15)16)5-6-17-9-4-2-3-7(12)10(9)13/h2-4,8,14H,5-6H2,1H3,(H,15,16). The molecule has 1 aromatic carbocycles. The van der Waals surface area contributed by atoms with Gasteiger partial charge in [-0.05, 0) is 19.2 Å². The van der Waals surface area contributed by atoms with Crippen LogP contribution in [0.3, 0.4) is 0 Å². The van der Waals surface area contributed by atoms with Crippen molar-refractivity contribution in [2.24, 2.45) is 0 Å². The Hall–Kier alpha value is -1.69. The second-order valence-electron chi connectivity index (χ2n) is 3.37. The minimum absolute atomic E-state index is 0.0157. The van der Waals surface area contributed by atoms with Crippen molar-refractivity contribution in [3.63, 3.8) is 0 Å². The van der Waals surface area contributed by atoms with E-state index in [1.165, 1.54) is 19.2 Å². The van der Waals surface area contributed by atoms with Gasteiger partial charge in [-0.2, -0.15) is 4.39 Å². The minimum Gasteiger partial charge on any atom is -0.490 e. The summed E-state index contributed by atoms with van der Waals surface area (Å²) in [5.41, 5.74) is 0. The quantitative estimate of drug-likeness (QED) is 0.795. The molecule has 0 fully saturated rings. The van der Waals surface area contributed by atoms with Gasteiger partial charge < -0.3 is 15.2 Å². The predicted octanol–water partition coefficient (Wildman–Crippen LogP) is 1.41. The SMILES string of the molecule is CNC(CCOc1cccc(F)c1F)C(=O)O. The lowest BCUT2D eigenvalue weighted by atomic mass is 10.2. The van der Waals surface area contributed by atoms with Gasteiger partial charge in [-0.1, -0.05) is 6.07 Å². The van der Waals surface area contributed by atoms with Crippen molar-refractivity contribution in [2.75, 3.05) is 13.7 Å². The number of rotatable bonds is 6. The third-order valence-electron chi connectivity index (χ3n) is 2.23. The molecular weight excluding hydrogens is 232 g/mol. The number of carbonyl (C=O) groups is 1. The maximum absolute atomic E-state index is 13.1. The van der Waals surface area contributed by atoms with Crippen LogP contribution in [0.4, 0.5) is 8.78 Å². The molecule has 1 rings (SSSR count). The molecule has 0 heterocycles. The molecule has 0 saturated carbocycles. The van der Waals surface area contributed by atoms with Crippen molar-refractivity contribution >= 4 is 5.97 Å². The van der Waals surface area contributed by atoms with Gasteiger partial charge in [0.05, 0.1) is 6.61 Å². The topological polar surface area (TPSA) is 58.6 Å². The van der Waals surface area contributed by atoms with Gasteiger partial charge in [0.1, 0.15) is 6.04 Å². The number of hydrogen-bond acceptors (Lipinski definition) is 3. The number of nitrogens with one attached hydrogen (secondary N) is 1. The van der Waals surface area contributed by atoms with Crippen molar-refractivity contribution in [3.8, 4) is 5.75 Å². The Balaban J connectivity index is 2.51. The summed E-state index contributed by atoms with van der Waals surface area (Å²) in [6.07, 6.45) is 0.155. The van der Waals surface area contributed by atoms with Crippen LogP contribution in [-0.2, 0) is 4.79 Å². The van der Waals surface area contributed by atoms with Crippen molar-refractivity contribution in [1.82, 2.24) is 5.32 Å². The molecule has 4 nitrogen and oxygen atoms in total.